The van der Waals surface area contributed by atoms with Crippen LogP contribution in [0.4, 0.5) is 32.0 Å². The molecule has 1 fully saturated rings. The number of allylic oxidation sites excluding steroid dienone is 5. The number of hydrogen-bond acceptors (Lipinski definition) is 5. The molecule has 11 heteroatoms. The van der Waals surface area contributed by atoms with E-state index < -0.39 is 29.3 Å². The van der Waals surface area contributed by atoms with E-state index in [0.717, 1.165) is 18.2 Å². The highest BCUT2D eigenvalue weighted by Gasteiger charge is 2.34. The average Bonchev–Trinajstić information content (AvgIpc) is 2.88. The molecule has 0 amide bonds. The van der Waals surface area contributed by atoms with Gasteiger partial charge in [0.05, 0.1) is 29.9 Å². The summed E-state index contributed by atoms with van der Waals surface area (Å²) < 4.78 is 80.7. The number of benzene rings is 1. The van der Waals surface area contributed by atoms with Gasteiger partial charge in [0.25, 0.3) is 0 Å². The first-order valence-electron chi connectivity index (χ1n) is 12.7. The number of pyridine rings is 1. The topological polar surface area (TPSA) is 62.3 Å². The lowest BCUT2D eigenvalue weighted by atomic mass is 9.98. The van der Waals surface area contributed by atoms with Gasteiger partial charge in [-0.15, -0.1) is 0 Å². The quantitative estimate of drug-likeness (QED) is 0.314. The number of nitrogens with one attached hydrogen (secondary N) is 1. The smallest absolute Gasteiger partial charge is 0.378 e. The molecule has 1 aromatic heterocycles. The maximum Gasteiger partial charge on any atom is 0.417 e. The number of halogens is 6. The van der Waals surface area contributed by atoms with Gasteiger partial charge in [-0.2, -0.15) is 26.3 Å². The second kappa shape index (κ2) is 11.7. The van der Waals surface area contributed by atoms with E-state index in [-0.39, 0.29) is 53.7 Å². The molecule has 0 radical (unpaired) electrons. The van der Waals surface area contributed by atoms with Crippen molar-refractivity contribution in [2.75, 3.05) is 24.5 Å². The largest absolute Gasteiger partial charge is 0.417 e. The number of rotatable bonds is 6. The van der Waals surface area contributed by atoms with Gasteiger partial charge in [-0.3, -0.25) is 14.6 Å². The fourth-order valence-electron chi connectivity index (χ4n) is 4.67. The summed E-state index contributed by atoms with van der Waals surface area (Å²) in [5.41, 5.74) is -1.12. The van der Waals surface area contributed by atoms with Gasteiger partial charge in [-0.1, -0.05) is 37.3 Å². The van der Waals surface area contributed by atoms with Gasteiger partial charge >= 0.3 is 12.4 Å². The molecule has 212 valence electrons. The van der Waals surface area contributed by atoms with Crippen LogP contribution in [0.5, 0.6) is 0 Å². The minimum Gasteiger partial charge on any atom is -0.378 e. The number of ketones is 2. The summed E-state index contributed by atoms with van der Waals surface area (Å²) in [5, 5.41) is 2.86. The number of Topliss-reactive ketones (excluding diaryl/α,β-unsaturated/α-hetero) is 2. The zero-order chi connectivity index (χ0) is 29.1. The van der Waals surface area contributed by atoms with Crippen molar-refractivity contribution in [2.45, 2.75) is 38.5 Å². The zero-order valence-electron chi connectivity index (χ0n) is 21.6. The van der Waals surface area contributed by atoms with Gasteiger partial charge in [0.15, 0.2) is 5.78 Å². The summed E-state index contributed by atoms with van der Waals surface area (Å²) in [4.78, 5) is 31.3. The predicted octanol–water partition coefficient (Wildman–Crippen LogP) is 6.68. The lowest BCUT2D eigenvalue weighted by Crippen LogP contribution is -2.37. The van der Waals surface area contributed by atoms with Gasteiger partial charge in [-0.25, -0.2) is 0 Å². The number of piperidine rings is 1. The molecule has 2 aromatic rings. The highest BCUT2D eigenvalue weighted by molar-refractivity contribution is 6.02. The first-order valence-corrected chi connectivity index (χ1v) is 12.7. The van der Waals surface area contributed by atoms with Crippen molar-refractivity contribution in [1.29, 1.82) is 0 Å². The van der Waals surface area contributed by atoms with Crippen LogP contribution in [-0.4, -0.2) is 42.4 Å². The third-order valence-corrected chi connectivity index (χ3v) is 6.66. The van der Waals surface area contributed by atoms with E-state index in [1.54, 1.807) is 17.9 Å². The number of carbonyl (C=O) groups is 2. The van der Waals surface area contributed by atoms with E-state index >= 15 is 0 Å². The van der Waals surface area contributed by atoms with Crippen LogP contribution >= 0.6 is 0 Å². The van der Waals surface area contributed by atoms with Crippen molar-refractivity contribution in [2.24, 2.45) is 5.92 Å². The zero-order valence-corrected chi connectivity index (χ0v) is 21.6. The summed E-state index contributed by atoms with van der Waals surface area (Å²) in [7, 11) is 0. The van der Waals surface area contributed by atoms with Gasteiger partial charge in [0.1, 0.15) is 5.69 Å². The van der Waals surface area contributed by atoms with E-state index in [1.165, 1.54) is 36.5 Å². The molecule has 0 saturated carbocycles. The third-order valence-electron chi connectivity index (χ3n) is 6.66. The molecule has 2 heterocycles. The molecule has 4 rings (SSSR count). The molecule has 1 saturated heterocycles. The van der Waals surface area contributed by atoms with Gasteiger partial charge in [0, 0.05) is 30.4 Å². The normalized spacial score (nSPS) is 18.5. The summed E-state index contributed by atoms with van der Waals surface area (Å²) in [6.07, 6.45) is -1.90. The predicted molar refractivity (Wildman–Crippen MR) is 139 cm³/mol. The van der Waals surface area contributed by atoms with Crippen LogP contribution in [0.2, 0.25) is 0 Å². The van der Waals surface area contributed by atoms with E-state index in [0.29, 0.717) is 25.1 Å². The highest BCUT2D eigenvalue weighted by Crippen LogP contribution is 2.38. The van der Waals surface area contributed by atoms with Crippen LogP contribution in [0.3, 0.4) is 0 Å². The molecule has 0 bridgehead atoms. The van der Waals surface area contributed by atoms with Crippen molar-refractivity contribution in [3.05, 3.63) is 83.4 Å². The second-order valence-corrected chi connectivity index (χ2v) is 9.80. The van der Waals surface area contributed by atoms with Crippen molar-refractivity contribution >= 4 is 17.3 Å². The van der Waals surface area contributed by atoms with Crippen LogP contribution in [0.1, 0.15) is 42.2 Å². The number of nitrogens with zero attached hydrogens (tertiary/aromatic N) is 2. The van der Waals surface area contributed by atoms with Crippen LogP contribution in [0.15, 0.2) is 72.1 Å². The number of alkyl halides is 6. The molecular weight excluding hydrogens is 536 g/mol. The van der Waals surface area contributed by atoms with E-state index in [1.807, 2.05) is 0 Å². The Labute approximate surface area is 227 Å². The fourth-order valence-corrected chi connectivity index (χ4v) is 4.67. The van der Waals surface area contributed by atoms with Crippen molar-refractivity contribution in [1.82, 2.24) is 10.3 Å². The lowest BCUT2D eigenvalue weighted by Gasteiger charge is -2.29. The number of aromatic nitrogens is 1. The van der Waals surface area contributed by atoms with Crippen LogP contribution in [-0.2, 0) is 11.0 Å². The Kier molecular flexibility index (Phi) is 8.51. The molecule has 0 spiro atoms. The van der Waals surface area contributed by atoms with Crippen LogP contribution < -0.4 is 10.2 Å². The van der Waals surface area contributed by atoms with Crippen molar-refractivity contribution in [3.8, 4) is 11.1 Å². The Balaban J connectivity index is 1.65. The summed E-state index contributed by atoms with van der Waals surface area (Å²) >= 11 is 0. The Bertz CT molecular complexity index is 1370. The number of hydrogen-bond donors (Lipinski definition) is 1. The lowest BCUT2D eigenvalue weighted by molar-refractivity contribution is -0.137. The number of carbonyl (C=O) groups excluding carboxylic acids is 2. The Morgan fingerprint density at radius 1 is 1.10 bits per heavy atom. The van der Waals surface area contributed by atoms with Crippen molar-refractivity contribution in [3.63, 3.8) is 0 Å². The van der Waals surface area contributed by atoms with E-state index in [9.17, 15) is 35.9 Å². The molecule has 1 atom stereocenters. The van der Waals surface area contributed by atoms with Crippen molar-refractivity contribution < 1.29 is 35.9 Å². The number of anilines is 1. The first-order chi connectivity index (χ1) is 18.8. The second-order valence-electron chi connectivity index (χ2n) is 9.80. The minimum atomic E-state index is -4.62. The molecule has 2 aliphatic rings. The molecule has 1 aromatic carbocycles. The maximum atomic E-state index is 13.7. The van der Waals surface area contributed by atoms with E-state index in [2.05, 4.69) is 10.3 Å². The summed E-state index contributed by atoms with van der Waals surface area (Å²) in [6, 6.07) is 6.45. The molecule has 1 unspecified atom stereocenters. The Hall–Kier alpha value is -3.89. The summed E-state index contributed by atoms with van der Waals surface area (Å²) in [6.45, 7) is 1.81. The Morgan fingerprint density at radius 3 is 2.55 bits per heavy atom. The standard InChI is InChI=1S/C29H27F6N3O2/c1-18-8-9-20(28(30,31)32)10-11-21(13-18)36-16-26(40)27-25(38-12-4-5-22(39)17-38)14-19(15-37-27)23-6-2-3-7-24(23)29(33,34)35/h2-3,6-7,9-11,13-15,18,36H,4-5,8,12,16-17H2,1H3. The minimum absolute atomic E-state index is 0.0162. The third kappa shape index (κ3) is 7.00. The first kappa shape index (κ1) is 29.1. The Morgan fingerprint density at radius 2 is 1.85 bits per heavy atom. The van der Waals surface area contributed by atoms with Gasteiger partial charge in [0.2, 0.25) is 5.78 Å². The molecular formula is C29H27F6N3O2. The van der Waals surface area contributed by atoms with Gasteiger partial charge < -0.3 is 10.2 Å². The molecule has 1 N–H and O–H groups in total. The highest BCUT2D eigenvalue weighted by atomic mass is 19.4. The monoisotopic (exact) mass is 563 g/mol. The summed E-state index contributed by atoms with van der Waals surface area (Å²) in [5.74, 6) is -0.837. The molecule has 1 aliphatic carbocycles. The molecule has 5 nitrogen and oxygen atoms in total. The fraction of sp³-hybridized carbons (Fsp3) is 0.345. The SMILES string of the molecule is CC1C=C(NCC(=O)c2ncc(-c3ccccc3C(F)(F)F)cc2N2CCCC(=O)C2)C=CC(C(F)(F)F)=CC1. The molecule has 40 heavy (non-hydrogen) atoms. The van der Waals surface area contributed by atoms with E-state index in [4.69, 9.17) is 0 Å². The molecule has 1 aliphatic heterocycles. The van der Waals surface area contributed by atoms with Crippen LogP contribution in [0, 0.1) is 5.92 Å². The maximum absolute atomic E-state index is 13.7. The van der Waals surface area contributed by atoms with Gasteiger partial charge in [-0.05, 0) is 48.6 Å². The van der Waals surface area contributed by atoms with Crippen LogP contribution in [0.25, 0.3) is 11.1 Å². The average molecular weight is 564 g/mol.